The number of nitrogens with one attached hydrogen (secondary N) is 1. The van der Waals surface area contributed by atoms with E-state index in [2.05, 4.69) is 20.8 Å². The van der Waals surface area contributed by atoms with Crippen LogP contribution in [-0.2, 0) is 21.2 Å². The molecule has 2 aromatic heterocycles. The molecule has 0 spiro atoms. The van der Waals surface area contributed by atoms with Gasteiger partial charge in [-0.05, 0) is 28.3 Å². The second-order valence-corrected chi connectivity index (χ2v) is 9.36. The summed E-state index contributed by atoms with van der Waals surface area (Å²) in [7, 11) is -2.99. The van der Waals surface area contributed by atoms with Gasteiger partial charge in [-0.2, -0.15) is 0 Å². The summed E-state index contributed by atoms with van der Waals surface area (Å²) in [6.07, 6.45) is 0.481. The molecule has 1 atom stereocenters. The van der Waals surface area contributed by atoms with E-state index >= 15 is 0 Å². The molecular formula is C12H15N5O3S3. The van der Waals surface area contributed by atoms with Gasteiger partial charge in [-0.3, -0.25) is 4.79 Å². The van der Waals surface area contributed by atoms with Crippen LogP contribution >= 0.6 is 23.1 Å². The van der Waals surface area contributed by atoms with Crippen LogP contribution in [0.15, 0.2) is 22.7 Å². The van der Waals surface area contributed by atoms with Crippen molar-refractivity contribution in [3.05, 3.63) is 22.4 Å². The molecule has 23 heavy (non-hydrogen) atoms. The Kier molecular flexibility index (Phi) is 4.97. The van der Waals surface area contributed by atoms with E-state index in [0.29, 0.717) is 18.1 Å². The highest BCUT2D eigenvalue weighted by Gasteiger charge is 2.28. The average Bonchev–Trinajstić information content (AvgIpc) is 3.20. The molecule has 1 fully saturated rings. The first-order valence-corrected chi connectivity index (χ1v) is 10.6. The van der Waals surface area contributed by atoms with Gasteiger partial charge in [-0.1, -0.05) is 17.8 Å². The van der Waals surface area contributed by atoms with Crippen LogP contribution < -0.4 is 5.32 Å². The second-order valence-electron chi connectivity index (χ2n) is 5.15. The van der Waals surface area contributed by atoms with E-state index in [9.17, 15) is 13.2 Å². The number of carbonyl (C=O) groups is 1. The SMILES string of the molecule is O=C(CSc1nnnn1Cc1cccs1)N[C@@H]1CCS(=O)(=O)C1. The highest BCUT2D eigenvalue weighted by Crippen LogP contribution is 2.17. The van der Waals surface area contributed by atoms with Crippen LogP contribution in [0.3, 0.4) is 0 Å². The number of thioether (sulfide) groups is 1. The zero-order valence-electron chi connectivity index (χ0n) is 12.1. The van der Waals surface area contributed by atoms with Crippen molar-refractivity contribution in [2.75, 3.05) is 17.3 Å². The normalized spacial score (nSPS) is 19.7. The fourth-order valence-corrected chi connectivity index (χ4v) is 5.30. The molecule has 0 aliphatic carbocycles. The van der Waals surface area contributed by atoms with E-state index in [4.69, 9.17) is 0 Å². The van der Waals surface area contributed by atoms with Gasteiger partial charge in [-0.15, -0.1) is 16.4 Å². The smallest absolute Gasteiger partial charge is 0.230 e. The van der Waals surface area contributed by atoms with Gasteiger partial charge in [0.1, 0.15) is 0 Å². The summed E-state index contributed by atoms with van der Waals surface area (Å²) in [5.74, 6) is 0.119. The van der Waals surface area contributed by atoms with Crippen molar-refractivity contribution < 1.29 is 13.2 Å². The molecule has 3 heterocycles. The van der Waals surface area contributed by atoms with Crippen LogP contribution in [0.5, 0.6) is 0 Å². The lowest BCUT2D eigenvalue weighted by Crippen LogP contribution is -2.36. The standard InChI is InChI=1S/C12H15N5O3S3/c18-11(13-9-3-5-23(19,20)8-9)7-22-12-14-15-16-17(12)6-10-2-1-4-21-10/h1-2,4,9H,3,5-8H2,(H,13,18)/t9-/m1/s1. The van der Waals surface area contributed by atoms with Crippen LogP contribution in [0.4, 0.5) is 0 Å². The molecule has 8 nitrogen and oxygen atoms in total. The van der Waals surface area contributed by atoms with E-state index in [1.165, 1.54) is 11.8 Å². The third-order valence-corrected chi connectivity index (χ3v) is 6.90. The average molecular weight is 373 g/mol. The fraction of sp³-hybridized carbons (Fsp3) is 0.500. The largest absolute Gasteiger partial charge is 0.352 e. The lowest BCUT2D eigenvalue weighted by atomic mass is 10.3. The number of aromatic nitrogens is 4. The fourth-order valence-electron chi connectivity index (χ4n) is 2.26. The topological polar surface area (TPSA) is 107 Å². The summed E-state index contributed by atoms with van der Waals surface area (Å²) in [5.41, 5.74) is 0. The number of tetrazole rings is 1. The van der Waals surface area contributed by atoms with Crippen molar-refractivity contribution in [2.24, 2.45) is 0 Å². The first-order chi connectivity index (χ1) is 11.0. The predicted molar refractivity (Wildman–Crippen MR) is 87.2 cm³/mol. The summed E-state index contributed by atoms with van der Waals surface area (Å²) in [6, 6.07) is 3.67. The molecule has 2 aromatic rings. The molecule has 0 bridgehead atoms. The van der Waals surface area contributed by atoms with E-state index in [0.717, 1.165) is 4.88 Å². The van der Waals surface area contributed by atoms with Gasteiger partial charge >= 0.3 is 0 Å². The van der Waals surface area contributed by atoms with Crippen LogP contribution in [0.2, 0.25) is 0 Å². The van der Waals surface area contributed by atoms with Crippen LogP contribution in [0.1, 0.15) is 11.3 Å². The summed E-state index contributed by atoms with van der Waals surface area (Å²) >= 11 is 2.85. The van der Waals surface area contributed by atoms with Gasteiger partial charge in [0, 0.05) is 10.9 Å². The molecule has 11 heteroatoms. The molecule has 1 aliphatic rings. The number of amides is 1. The van der Waals surface area contributed by atoms with E-state index < -0.39 is 9.84 Å². The van der Waals surface area contributed by atoms with Crippen LogP contribution in [0.25, 0.3) is 0 Å². The number of sulfone groups is 1. The minimum Gasteiger partial charge on any atom is -0.352 e. The summed E-state index contributed by atoms with van der Waals surface area (Å²) < 4.78 is 24.4. The van der Waals surface area contributed by atoms with Crippen LogP contribution in [-0.4, -0.2) is 57.8 Å². The summed E-state index contributed by atoms with van der Waals surface area (Å²) in [4.78, 5) is 13.1. The zero-order valence-corrected chi connectivity index (χ0v) is 14.5. The third-order valence-electron chi connectivity index (χ3n) is 3.31. The second kappa shape index (κ2) is 6.97. The van der Waals surface area contributed by atoms with Gasteiger partial charge < -0.3 is 5.32 Å². The minimum absolute atomic E-state index is 0.0273. The molecule has 1 aliphatic heterocycles. The van der Waals surface area contributed by atoms with Gasteiger partial charge in [0.15, 0.2) is 9.84 Å². The summed E-state index contributed by atoms with van der Waals surface area (Å²) in [6.45, 7) is 0.565. The number of hydrogen-bond donors (Lipinski definition) is 1. The summed E-state index contributed by atoms with van der Waals surface area (Å²) in [5, 5.41) is 16.8. The highest BCUT2D eigenvalue weighted by atomic mass is 32.2. The van der Waals surface area contributed by atoms with E-state index in [1.807, 2.05) is 17.5 Å². The van der Waals surface area contributed by atoms with Crippen molar-refractivity contribution in [3.8, 4) is 0 Å². The van der Waals surface area contributed by atoms with Gasteiger partial charge in [0.25, 0.3) is 0 Å². The minimum atomic E-state index is -2.99. The van der Waals surface area contributed by atoms with Gasteiger partial charge in [0.05, 0.1) is 23.8 Å². The molecule has 0 unspecified atom stereocenters. The molecule has 0 saturated carbocycles. The van der Waals surface area contributed by atoms with Crippen molar-refractivity contribution in [2.45, 2.75) is 24.2 Å². The molecule has 124 valence electrons. The van der Waals surface area contributed by atoms with Gasteiger partial charge in [-0.25, -0.2) is 13.1 Å². The van der Waals surface area contributed by atoms with E-state index in [1.54, 1.807) is 16.0 Å². The molecule has 1 saturated heterocycles. The maximum atomic E-state index is 11.9. The molecule has 3 rings (SSSR count). The Morgan fingerprint density at radius 3 is 3.09 bits per heavy atom. The van der Waals surface area contributed by atoms with Crippen molar-refractivity contribution in [1.82, 2.24) is 25.5 Å². The maximum Gasteiger partial charge on any atom is 0.230 e. The zero-order chi connectivity index (χ0) is 16.3. The van der Waals surface area contributed by atoms with Crippen molar-refractivity contribution in [1.29, 1.82) is 0 Å². The van der Waals surface area contributed by atoms with Crippen molar-refractivity contribution >= 4 is 38.8 Å². The first-order valence-electron chi connectivity index (χ1n) is 6.93. The molecule has 1 N–H and O–H groups in total. The lowest BCUT2D eigenvalue weighted by Gasteiger charge is -2.10. The first kappa shape index (κ1) is 16.4. The van der Waals surface area contributed by atoms with Crippen molar-refractivity contribution in [3.63, 3.8) is 0 Å². The Morgan fingerprint density at radius 2 is 2.39 bits per heavy atom. The molecular weight excluding hydrogens is 358 g/mol. The van der Waals surface area contributed by atoms with Gasteiger partial charge in [0.2, 0.25) is 11.1 Å². The highest BCUT2D eigenvalue weighted by molar-refractivity contribution is 7.99. The molecule has 0 aromatic carbocycles. The Balaban J connectivity index is 1.51. The molecule has 0 radical (unpaired) electrons. The number of thiophene rings is 1. The maximum absolute atomic E-state index is 11.9. The number of hydrogen-bond acceptors (Lipinski definition) is 8. The Morgan fingerprint density at radius 1 is 1.52 bits per heavy atom. The predicted octanol–water partition coefficient (Wildman–Crippen LogP) is 0.178. The number of carbonyl (C=O) groups excluding carboxylic acids is 1. The molecule has 1 amide bonds. The third kappa shape index (κ3) is 4.52. The monoisotopic (exact) mass is 373 g/mol. The Bertz CT molecular complexity index is 772. The lowest BCUT2D eigenvalue weighted by molar-refractivity contribution is -0.119. The Labute approximate surface area is 141 Å². The number of rotatable bonds is 6. The van der Waals surface area contributed by atoms with Crippen LogP contribution in [0, 0.1) is 0 Å². The Hall–Kier alpha value is -1.46. The van der Waals surface area contributed by atoms with E-state index in [-0.39, 0.29) is 29.2 Å². The quantitative estimate of drug-likeness (QED) is 0.720. The number of nitrogens with zero attached hydrogens (tertiary/aromatic N) is 4.